The molecule has 276 valence electrons. The molecular formula is C38H31N2O13P. The van der Waals surface area contributed by atoms with Crippen molar-refractivity contribution in [1.29, 1.82) is 0 Å². The van der Waals surface area contributed by atoms with Crippen molar-refractivity contribution in [3.63, 3.8) is 0 Å². The third-order valence-electron chi connectivity index (χ3n) is 9.83. The van der Waals surface area contributed by atoms with Gasteiger partial charge in [-0.15, -0.1) is 0 Å². The molecule has 3 aliphatic rings. The summed E-state index contributed by atoms with van der Waals surface area (Å²) < 4.78 is 39.3. The van der Waals surface area contributed by atoms with Crippen LogP contribution < -0.4 is 30.3 Å². The van der Waals surface area contributed by atoms with Gasteiger partial charge in [0.1, 0.15) is 39.9 Å². The van der Waals surface area contributed by atoms with Gasteiger partial charge in [0.25, 0.3) is 11.8 Å². The second-order valence-corrected chi connectivity index (χ2v) is 14.4. The first-order valence-electron chi connectivity index (χ1n) is 16.8. The molecule has 54 heavy (non-hydrogen) atoms. The Morgan fingerprint density at radius 2 is 1.44 bits per heavy atom. The lowest BCUT2D eigenvalue weighted by atomic mass is 9.77. The lowest BCUT2D eigenvalue weighted by Gasteiger charge is -2.36. The number of rotatable bonds is 7. The summed E-state index contributed by atoms with van der Waals surface area (Å²) in [6.45, 7) is 0. The van der Waals surface area contributed by atoms with E-state index in [9.17, 15) is 38.6 Å². The predicted molar refractivity (Wildman–Crippen MR) is 189 cm³/mol. The van der Waals surface area contributed by atoms with Gasteiger partial charge in [-0.3, -0.25) is 19.4 Å². The van der Waals surface area contributed by atoms with Crippen molar-refractivity contribution in [3.8, 4) is 28.7 Å². The molecule has 1 spiro atoms. The lowest BCUT2D eigenvalue weighted by molar-refractivity contribution is 0.0224. The van der Waals surface area contributed by atoms with Gasteiger partial charge in [0, 0.05) is 57.9 Å². The lowest BCUT2D eigenvalue weighted by Crippen LogP contribution is -2.44. The Morgan fingerprint density at radius 1 is 0.796 bits per heavy atom. The van der Waals surface area contributed by atoms with Gasteiger partial charge in [-0.2, -0.15) is 0 Å². The Balaban J connectivity index is 1.02. The Bertz CT molecular complexity index is 2500. The molecule has 0 radical (unpaired) electrons. The fourth-order valence-electron chi connectivity index (χ4n) is 7.32. The molecule has 1 atom stereocenters. The van der Waals surface area contributed by atoms with E-state index in [0.717, 1.165) is 0 Å². The fraction of sp³-hybridized carbons (Fsp3) is 0.211. The third-order valence-corrected chi connectivity index (χ3v) is 10.3. The minimum atomic E-state index is -4.91. The molecule has 15 nitrogen and oxygen atoms in total. The second-order valence-electron chi connectivity index (χ2n) is 13.2. The van der Waals surface area contributed by atoms with Crippen molar-refractivity contribution in [2.75, 3.05) is 7.11 Å². The number of phosphoric ester groups is 1. The molecule has 0 bridgehead atoms. The number of fused-ring (bicyclic) bond motifs is 7. The number of phenols is 1. The maximum absolute atomic E-state index is 13.7. The SMILES string of the molecule is COc1ccc2c(c1)Oc1cc(OP(=O)(O)O)ccc1C21OC(=O)c2ccc(C(=O)NC3CCC(NC(=O)c4cc5ccc(O)cc5oc4=O)CC3)cc21. The topological polar surface area (TPSA) is 220 Å². The maximum Gasteiger partial charge on any atom is 0.524 e. The van der Waals surface area contributed by atoms with Gasteiger partial charge in [0.2, 0.25) is 0 Å². The van der Waals surface area contributed by atoms with Crippen LogP contribution in [0.5, 0.6) is 28.7 Å². The number of carbonyl (C=O) groups is 3. The first-order chi connectivity index (χ1) is 25.8. The Labute approximate surface area is 305 Å². The summed E-state index contributed by atoms with van der Waals surface area (Å²) in [5.74, 6) is -1.09. The number of benzene rings is 4. The fourth-order valence-corrected chi connectivity index (χ4v) is 7.70. The van der Waals surface area contributed by atoms with Crippen LogP contribution in [-0.4, -0.2) is 51.9 Å². The van der Waals surface area contributed by atoms with E-state index >= 15 is 0 Å². The van der Waals surface area contributed by atoms with Gasteiger partial charge in [0.15, 0.2) is 5.60 Å². The number of nitrogens with one attached hydrogen (secondary N) is 2. The van der Waals surface area contributed by atoms with Crippen molar-refractivity contribution in [1.82, 2.24) is 10.6 Å². The molecule has 1 fully saturated rings. The van der Waals surface area contributed by atoms with Gasteiger partial charge < -0.3 is 38.9 Å². The quantitative estimate of drug-likeness (QED) is 0.0839. The highest BCUT2D eigenvalue weighted by molar-refractivity contribution is 7.46. The van der Waals surface area contributed by atoms with E-state index < -0.39 is 36.8 Å². The number of methoxy groups -OCH3 is 1. The largest absolute Gasteiger partial charge is 0.524 e. The number of esters is 1. The highest BCUT2D eigenvalue weighted by Crippen LogP contribution is 2.57. The smallest absolute Gasteiger partial charge is 0.508 e. The van der Waals surface area contributed by atoms with E-state index in [1.165, 1.54) is 55.6 Å². The predicted octanol–water partition coefficient (Wildman–Crippen LogP) is 5.02. The molecule has 0 saturated heterocycles. The van der Waals surface area contributed by atoms with Gasteiger partial charge in [-0.1, -0.05) is 0 Å². The molecule has 5 aromatic rings. The van der Waals surface area contributed by atoms with Gasteiger partial charge >= 0.3 is 19.4 Å². The molecule has 3 heterocycles. The van der Waals surface area contributed by atoms with Crippen LogP contribution in [0.25, 0.3) is 11.0 Å². The van der Waals surface area contributed by atoms with Gasteiger partial charge in [0.05, 0.1) is 12.7 Å². The number of hydrogen-bond donors (Lipinski definition) is 5. The summed E-state index contributed by atoms with van der Waals surface area (Å²) >= 11 is 0. The minimum Gasteiger partial charge on any atom is -0.508 e. The van der Waals surface area contributed by atoms with Crippen molar-refractivity contribution in [3.05, 3.63) is 123 Å². The molecule has 1 unspecified atom stereocenters. The Morgan fingerprint density at radius 3 is 2.11 bits per heavy atom. The first kappa shape index (κ1) is 34.9. The second kappa shape index (κ2) is 13.1. The van der Waals surface area contributed by atoms with Crippen molar-refractivity contribution >= 4 is 36.6 Å². The average molecular weight is 755 g/mol. The molecule has 2 aliphatic heterocycles. The normalized spacial score (nSPS) is 19.9. The molecule has 16 heteroatoms. The maximum atomic E-state index is 13.7. The van der Waals surface area contributed by atoms with Crippen LogP contribution in [0, 0.1) is 0 Å². The number of carbonyl (C=O) groups excluding carboxylic acids is 3. The van der Waals surface area contributed by atoms with Crippen LogP contribution >= 0.6 is 7.82 Å². The number of ether oxygens (including phenoxy) is 3. The zero-order valence-electron chi connectivity index (χ0n) is 28.4. The number of amides is 2. The van der Waals surface area contributed by atoms with Crippen molar-refractivity contribution in [2.45, 2.75) is 43.4 Å². The highest BCUT2D eigenvalue weighted by Gasteiger charge is 2.54. The summed E-state index contributed by atoms with van der Waals surface area (Å²) in [4.78, 5) is 71.5. The average Bonchev–Trinajstić information content (AvgIpc) is 3.42. The molecule has 1 aromatic heterocycles. The molecular weight excluding hydrogens is 723 g/mol. The number of aromatic hydroxyl groups is 1. The zero-order valence-corrected chi connectivity index (χ0v) is 29.3. The van der Waals surface area contributed by atoms with E-state index in [-0.39, 0.29) is 57.4 Å². The summed E-state index contributed by atoms with van der Waals surface area (Å²) in [6.07, 6.45) is 2.14. The Hall–Kier alpha value is -6.15. The van der Waals surface area contributed by atoms with Crippen LogP contribution in [0.15, 0.2) is 88.1 Å². The molecule has 1 saturated carbocycles. The standard InChI is InChI=1S/C38H31N2O13P/c1-49-24-9-12-28-32(17-24)50-33-18-25(53-54(46,47)48)10-13-29(33)38(28)30-15-20(3-11-26(30)37(45)52-38)34(42)39-21-4-6-22(7-5-21)40-35(43)27-14-19-2-8-23(41)16-31(19)51-36(27)44/h2-3,8-18,21-22,41H,4-7H2,1H3,(H,39,42)(H,40,43)(H2,46,47,48). The van der Waals surface area contributed by atoms with Crippen LogP contribution in [0.1, 0.15) is 73.4 Å². The van der Waals surface area contributed by atoms with Gasteiger partial charge in [-0.05, 0) is 86.3 Å². The van der Waals surface area contributed by atoms with Crippen LogP contribution in [0.4, 0.5) is 0 Å². The number of phenolic OH excluding ortho intramolecular Hbond substituents is 1. The first-order valence-corrected chi connectivity index (χ1v) is 18.4. The zero-order chi connectivity index (χ0) is 37.9. The number of hydrogen-bond acceptors (Lipinski definition) is 11. The van der Waals surface area contributed by atoms with E-state index in [1.54, 1.807) is 30.3 Å². The van der Waals surface area contributed by atoms with Gasteiger partial charge in [-0.25, -0.2) is 14.2 Å². The molecule has 4 aromatic carbocycles. The molecule has 8 rings (SSSR count). The summed E-state index contributed by atoms with van der Waals surface area (Å²) in [5.41, 5.74) is -0.799. The van der Waals surface area contributed by atoms with Crippen molar-refractivity contribution in [2.24, 2.45) is 0 Å². The summed E-state index contributed by atoms with van der Waals surface area (Å²) in [5, 5.41) is 16.1. The molecule has 5 N–H and O–H groups in total. The van der Waals surface area contributed by atoms with Crippen LogP contribution in [0.2, 0.25) is 0 Å². The summed E-state index contributed by atoms with van der Waals surface area (Å²) in [6, 6.07) is 18.9. The van der Waals surface area contributed by atoms with E-state index in [4.69, 9.17) is 23.2 Å². The number of phosphoric acid groups is 1. The van der Waals surface area contributed by atoms with Crippen LogP contribution in [0.3, 0.4) is 0 Å². The van der Waals surface area contributed by atoms with Crippen molar-refractivity contribution < 1.29 is 57.0 Å². The van der Waals surface area contributed by atoms with E-state index in [0.29, 0.717) is 53.5 Å². The van der Waals surface area contributed by atoms with Crippen LogP contribution in [-0.2, 0) is 14.9 Å². The summed E-state index contributed by atoms with van der Waals surface area (Å²) in [7, 11) is -3.44. The van der Waals surface area contributed by atoms with E-state index in [2.05, 4.69) is 10.6 Å². The Kier molecular flexibility index (Phi) is 8.44. The third kappa shape index (κ3) is 6.21. The highest BCUT2D eigenvalue weighted by atomic mass is 31.2. The molecule has 1 aliphatic carbocycles. The van der Waals surface area contributed by atoms with E-state index in [1.807, 2.05) is 0 Å². The molecule has 2 amide bonds. The minimum absolute atomic E-state index is 0.0671. The monoisotopic (exact) mass is 754 g/mol.